The Morgan fingerprint density at radius 2 is 2.11 bits per heavy atom. The molecule has 0 amide bonds. The van der Waals surface area contributed by atoms with Crippen molar-refractivity contribution in [2.75, 3.05) is 6.61 Å². The number of esters is 1. The van der Waals surface area contributed by atoms with Gasteiger partial charge in [-0.05, 0) is 13.8 Å². The fourth-order valence-electron chi connectivity index (χ4n) is 1.45. The standard InChI is InChI=1S/C11H13F3N2O3/c1-3-18-10(17)8-6(2)9(19-11(12,13)14)7(4-15)5-16-8/h5H,3-4,15H2,1-2H3. The zero-order valence-corrected chi connectivity index (χ0v) is 10.4. The van der Waals surface area contributed by atoms with E-state index in [-0.39, 0.29) is 30.0 Å². The van der Waals surface area contributed by atoms with Gasteiger partial charge in [-0.25, -0.2) is 9.78 Å². The fourth-order valence-corrected chi connectivity index (χ4v) is 1.45. The highest BCUT2D eigenvalue weighted by molar-refractivity contribution is 5.89. The summed E-state index contributed by atoms with van der Waals surface area (Å²) in [5.41, 5.74) is 5.10. The first-order valence-electron chi connectivity index (χ1n) is 5.41. The number of hydrogen-bond donors (Lipinski definition) is 1. The highest BCUT2D eigenvalue weighted by Gasteiger charge is 2.34. The number of aromatic nitrogens is 1. The summed E-state index contributed by atoms with van der Waals surface area (Å²) in [4.78, 5) is 15.3. The Kier molecular flexibility index (Phi) is 4.71. The van der Waals surface area contributed by atoms with Crippen LogP contribution >= 0.6 is 0 Å². The highest BCUT2D eigenvalue weighted by atomic mass is 19.4. The molecule has 0 aliphatic rings. The largest absolute Gasteiger partial charge is 0.573 e. The lowest BCUT2D eigenvalue weighted by Crippen LogP contribution is -2.21. The predicted molar refractivity (Wildman–Crippen MR) is 59.5 cm³/mol. The van der Waals surface area contributed by atoms with Crippen molar-refractivity contribution in [1.82, 2.24) is 4.98 Å². The van der Waals surface area contributed by atoms with Gasteiger partial charge in [-0.1, -0.05) is 0 Å². The quantitative estimate of drug-likeness (QED) is 0.852. The molecular formula is C11H13F3N2O3. The van der Waals surface area contributed by atoms with Gasteiger partial charge in [-0.2, -0.15) is 0 Å². The van der Waals surface area contributed by atoms with E-state index < -0.39 is 18.1 Å². The third kappa shape index (κ3) is 3.82. The molecule has 0 bridgehead atoms. The van der Waals surface area contributed by atoms with Crippen molar-refractivity contribution in [3.05, 3.63) is 23.0 Å². The van der Waals surface area contributed by atoms with Gasteiger partial charge in [0.1, 0.15) is 5.75 Å². The Hall–Kier alpha value is -1.83. The number of ether oxygens (including phenoxy) is 2. The van der Waals surface area contributed by atoms with E-state index in [1.807, 2.05) is 0 Å². The van der Waals surface area contributed by atoms with Gasteiger partial charge >= 0.3 is 12.3 Å². The summed E-state index contributed by atoms with van der Waals surface area (Å²) in [6, 6.07) is 0. The van der Waals surface area contributed by atoms with E-state index in [9.17, 15) is 18.0 Å². The molecule has 19 heavy (non-hydrogen) atoms. The van der Waals surface area contributed by atoms with Crippen LogP contribution in [0.1, 0.15) is 28.5 Å². The molecule has 8 heteroatoms. The smallest absolute Gasteiger partial charge is 0.461 e. The maximum Gasteiger partial charge on any atom is 0.573 e. The van der Waals surface area contributed by atoms with Crippen molar-refractivity contribution in [3.8, 4) is 5.75 Å². The van der Waals surface area contributed by atoms with Crippen LogP contribution in [-0.2, 0) is 11.3 Å². The van der Waals surface area contributed by atoms with Crippen LogP contribution in [0, 0.1) is 6.92 Å². The Bertz CT molecular complexity index is 475. The van der Waals surface area contributed by atoms with E-state index in [4.69, 9.17) is 10.5 Å². The monoisotopic (exact) mass is 278 g/mol. The van der Waals surface area contributed by atoms with Crippen LogP contribution in [0.4, 0.5) is 13.2 Å². The van der Waals surface area contributed by atoms with Crippen LogP contribution < -0.4 is 10.5 Å². The molecule has 0 aliphatic heterocycles. The molecule has 0 saturated heterocycles. The van der Waals surface area contributed by atoms with Gasteiger partial charge in [0.15, 0.2) is 5.69 Å². The van der Waals surface area contributed by atoms with E-state index >= 15 is 0 Å². The van der Waals surface area contributed by atoms with E-state index in [0.717, 1.165) is 6.20 Å². The molecule has 1 rings (SSSR count). The molecule has 0 saturated carbocycles. The third-order valence-electron chi connectivity index (χ3n) is 2.24. The van der Waals surface area contributed by atoms with Crippen LogP contribution in [0.2, 0.25) is 0 Å². The van der Waals surface area contributed by atoms with Crippen molar-refractivity contribution in [3.63, 3.8) is 0 Å². The molecule has 106 valence electrons. The van der Waals surface area contributed by atoms with Gasteiger partial charge in [-0.15, -0.1) is 13.2 Å². The van der Waals surface area contributed by atoms with E-state index in [0.29, 0.717) is 0 Å². The molecule has 2 N–H and O–H groups in total. The lowest BCUT2D eigenvalue weighted by molar-refractivity contribution is -0.275. The number of carbonyl (C=O) groups excluding carboxylic acids is 1. The molecule has 0 atom stereocenters. The zero-order chi connectivity index (χ0) is 14.6. The number of nitrogens with two attached hydrogens (primary N) is 1. The molecule has 0 unspecified atom stereocenters. The first kappa shape index (κ1) is 15.2. The number of carbonyl (C=O) groups is 1. The first-order valence-corrected chi connectivity index (χ1v) is 5.41. The molecule has 1 aromatic rings. The third-order valence-corrected chi connectivity index (χ3v) is 2.24. The van der Waals surface area contributed by atoms with Gasteiger partial charge in [0.25, 0.3) is 0 Å². The second kappa shape index (κ2) is 5.87. The van der Waals surface area contributed by atoms with Gasteiger partial charge in [0, 0.05) is 23.9 Å². The summed E-state index contributed by atoms with van der Waals surface area (Å²) < 4.78 is 45.6. The Morgan fingerprint density at radius 3 is 2.58 bits per heavy atom. The Labute approximate surface area is 107 Å². The van der Waals surface area contributed by atoms with E-state index in [2.05, 4.69) is 9.72 Å². The summed E-state index contributed by atoms with van der Waals surface area (Å²) in [6.45, 7) is 2.77. The fraction of sp³-hybridized carbons (Fsp3) is 0.455. The molecule has 0 spiro atoms. The average Bonchev–Trinajstić information content (AvgIpc) is 2.30. The van der Waals surface area contributed by atoms with E-state index in [1.54, 1.807) is 6.92 Å². The minimum absolute atomic E-state index is 0.0567. The minimum Gasteiger partial charge on any atom is -0.461 e. The topological polar surface area (TPSA) is 74.4 Å². The molecule has 1 heterocycles. The van der Waals surface area contributed by atoms with E-state index in [1.165, 1.54) is 6.92 Å². The van der Waals surface area contributed by atoms with Crippen molar-refractivity contribution >= 4 is 5.97 Å². The number of hydrogen-bond acceptors (Lipinski definition) is 5. The van der Waals surface area contributed by atoms with Crippen LogP contribution in [0.15, 0.2) is 6.20 Å². The highest BCUT2D eigenvalue weighted by Crippen LogP contribution is 2.30. The molecule has 0 aliphatic carbocycles. The number of nitrogens with zero attached hydrogens (tertiary/aromatic N) is 1. The normalized spacial score (nSPS) is 11.3. The Morgan fingerprint density at radius 1 is 1.47 bits per heavy atom. The minimum atomic E-state index is -4.87. The number of rotatable bonds is 4. The van der Waals surface area contributed by atoms with Crippen LogP contribution in [0.5, 0.6) is 5.75 Å². The second-order valence-electron chi connectivity index (χ2n) is 3.56. The van der Waals surface area contributed by atoms with Crippen LogP contribution in [0.3, 0.4) is 0 Å². The lowest BCUT2D eigenvalue weighted by Gasteiger charge is -2.16. The predicted octanol–water partition coefficient (Wildman–Crippen LogP) is 1.92. The van der Waals surface area contributed by atoms with Crippen molar-refractivity contribution < 1.29 is 27.4 Å². The maximum atomic E-state index is 12.3. The van der Waals surface area contributed by atoms with Crippen molar-refractivity contribution in [2.45, 2.75) is 26.8 Å². The molecule has 5 nitrogen and oxygen atoms in total. The molecule has 0 radical (unpaired) electrons. The summed E-state index contributed by atoms with van der Waals surface area (Å²) in [5.74, 6) is -1.32. The van der Waals surface area contributed by atoms with Gasteiger partial charge in [-0.3, -0.25) is 0 Å². The molecule has 0 fully saturated rings. The first-order chi connectivity index (χ1) is 8.80. The van der Waals surface area contributed by atoms with Crippen molar-refractivity contribution in [2.24, 2.45) is 5.73 Å². The van der Waals surface area contributed by atoms with Crippen molar-refractivity contribution in [1.29, 1.82) is 0 Å². The summed E-state index contributed by atoms with van der Waals surface area (Å²) in [5, 5.41) is 0. The van der Waals surface area contributed by atoms with Crippen LogP contribution in [0.25, 0.3) is 0 Å². The second-order valence-corrected chi connectivity index (χ2v) is 3.56. The lowest BCUT2D eigenvalue weighted by atomic mass is 10.1. The average molecular weight is 278 g/mol. The Balaban J connectivity index is 3.25. The van der Waals surface area contributed by atoms with Gasteiger partial charge in [0.05, 0.1) is 6.61 Å². The molecule has 0 aromatic carbocycles. The molecule has 1 aromatic heterocycles. The zero-order valence-electron chi connectivity index (χ0n) is 10.4. The molecular weight excluding hydrogens is 265 g/mol. The summed E-state index contributed by atoms with van der Waals surface area (Å²) >= 11 is 0. The van der Waals surface area contributed by atoms with Gasteiger partial charge < -0.3 is 15.2 Å². The summed E-state index contributed by atoms with van der Waals surface area (Å²) in [6.07, 6.45) is -3.80. The SMILES string of the molecule is CCOC(=O)c1ncc(CN)c(OC(F)(F)F)c1C. The number of halogens is 3. The number of alkyl halides is 3. The van der Waals surface area contributed by atoms with Crippen LogP contribution in [-0.4, -0.2) is 23.9 Å². The maximum absolute atomic E-state index is 12.3. The summed E-state index contributed by atoms with van der Waals surface area (Å²) in [7, 11) is 0. The number of pyridine rings is 1. The van der Waals surface area contributed by atoms with Gasteiger partial charge in [0.2, 0.25) is 0 Å².